The predicted molar refractivity (Wildman–Crippen MR) is 88.1 cm³/mol. The van der Waals surface area contributed by atoms with E-state index in [1.54, 1.807) is 0 Å². The van der Waals surface area contributed by atoms with E-state index in [2.05, 4.69) is 31.4 Å². The Balaban J connectivity index is 1.82. The van der Waals surface area contributed by atoms with E-state index in [9.17, 15) is 0 Å². The standard InChI is InChI=1S/C18H36N2/c1-14(2)11-12-15(3)20-18-10-5-4-8-16(18)17-9-6-7-13-19-17/h14-20H,4-13H2,1-3H3. The fourth-order valence-electron chi connectivity index (χ4n) is 4.12. The van der Waals surface area contributed by atoms with Gasteiger partial charge in [0.25, 0.3) is 0 Å². The summed E-state index contributed by atoms with van der Waals surface area (Å²) in [5.41, 5.74) is 0. The fourth-order valence-corrected chi connectivity index (χ4v) is 4.12. The molecule has 0 amide bonds. The van der Waals surface area contributed by atoms with E-state index in [4.69, 9.17) is 0 Å². The van der Waals surface area contributed by atoms with Gasteiger partial charge in [-0.3, -0.25) is 0 Å². The van der Waals surface area contributed by atoms with Crippen molar-refractivity contribution in [1.82, 2.24) is 10.6 Å². The molecule has 118 valence electrons. The Hall–Kier alpha value is -0.0800. The second-order valence-electron chi connectivity index (χ2n) is 7.65. The zero-order valence-corrected chi connectivity index (χ0v) is 14.0. The molecule has 2 N–H and O–H groups in total. The smallest absolute Gasteiger partial charge is 0.0113 e. The molecule has 0 aromatic heterocycles. The molecule has 1 heterocycles. The Kier molecular flexibility index (Phi) is 6.83. The van der Waals surface area contributed by atoms with Crippen molar-refractivity contribution in [2.75, 3.05) is 6.54 Å². The van der Waals surface area contributed by atoms with Crippen LogP contribution in [0.3, 0.4) is 0 Å². The summed E-state index contributed by atoms with van der Waals surface area (Å²) in [7, 11) is 0. The summed E-state index contributed by atoms with van der Waals surface area (Å²) in [5.74, 6) is 1.71. The van der Waals surface area contributed by atoms with Crippen LogP contribution in [0.15, 0.2) is 0 Å². The van der Waals surface area contributed by atoms with Gasteiger partial charge in [-0.05, 0) is 63.8 Å². The molecule has 2 aliphatic rings. The van der Waals surface area contributed by atoms with Crippen LogP contribution in [0.2, 0.25) is 0 Å². The van der Waals surface area contributed by atoms with Crippen molar-refractivity contribution in [3.05, 3.63) is 0 Å². The average Bonchev–Trinajstić information content (AvgIpc) is 2.47. The lowest BCUT2D eigenvalue weighted by molar-refractivity contribution is 0.171. The molecule has 0 radical (unpaired) electrons. The Bertz CT molecular complexity index is 258. The molecule has 2 rings (SSSR count). The van der Waals surface area contributed by atoms with Crippen molar-refractivity contribution in [3.8, 4) is 0 Å². The zero-order chi connectivity index (χ0) is 14.4. The SMILES string of the molecule is CC(C)CCC(C)NC1CCCCC1C1CCCCN1. The maximum Gasteiger partial charge on any atom is 0.0113 e. The molecular formula is C18H36N2. The topological polar surface area (TPSA) is 24.1 Å². The fraction of sp³-hybridized carbons (Fsp3) is 1.00. The Morgan fingerprint density at radius 1 is 0.950 bits per heavy atom. The van der Waals surface area contributed by atoms with Gasteiger partial charge in [-0.2, -0.15) is 0 Å². The van der Waals surface area contributed by atoms with Gasteiger partial charge < -0.3 is 10.6 Å². The van der Waals surface area contributed by atoms with E-state index in [-0.39, 0.29) is 0 Å². The lowest BCUT2D eigenvalue weighted by atomic mass is 9.77. The Morgan fingerprint density at radius 3 is 2.40 bits per heavy atom. The van der Waals surface area contributed by atoms with Gasteiger partial charge in [-0.1, -0.05) is 33.1 Å². The van der Waals surface area contributed by atoms with Crippen LogP contribution in [0.5, 0.6) is 0 Å². The van der Waals surface area contributed by atoms with Gasteiger partial charge in [-0.15, -0.1) is 0 Å². The lowest BCUT2D eigenvalue weighted by Gasteiger charge is -2.41. The van der Waals surface area contributed by atoms with Crippen LogP contribution in [-0.4, -0.2) is 24.7 Å². The largest absolute Gasteiger partial charge is 0.314 e. The summed E-state index contributed by atoms with van der Waals surface area (Å²) < 4.78 is 0. The third-order valence-corrected chi connectivity index (χ3v) is 5.36. The molecule has 0 bridgehead atoms. The van der Waals surface area contributed by atoms with E-state index in [0.717, 1.165) is 23.9 Å². The zero-order valence-electron chi connectivity index (χ0n) is 14.0. The van der Waals surface area contributed by atoms with Gasteiger partial charge in [0.1, 0.15) is 0 Å². The van der Waals surface area contributed by atoms with Crippen LogP contribution in [0.1, 0.15) is 78.6 Å². The highest BCUT2D eigenvalue weighted by atomic mass is 15.0. The minimum absolute atomic E-state index is 0.687. The van der Waals surface area contributed by atoms with Gasteiger partial charge in [-0.25, -0.2) is 0 Å². The van der Waals surface area contributed by atoms with Gasteiger partial charge in [0.2, 0.25) is 0 Å². The van der Waals surface area contributed by atoms with E-state index >= 15 is 0 Å². The van der Waals surface area contributed by atoms with Gasteiger partial charge in [0.15, 0.2) is 0 Å². The first-order valence-electron chi connectivity index (χ1n) is 9.16. The molecule has 2 nitrogen and oxygen atoms in total. The van der Waals surface area contributed by atoms with Crippen LogP contribution >= 0.6 is 0 Å². The summed E-state index contributed by atoms with van der Waals surface area (Å²) in [6, 6.07) is 2.24. The third kappa shape index (κ3) is 5.04. The molecule has 0 spiro atoms. The van der Waals surface area contributed by atoms with E-state index in [1.165, 1.54) is 64.3 Å². The summed E-state index contributed by atoms with van der Waals surface area (Å²) in [6.07, 6.45) is 12.6. The minimum Gasteiger partial charge on any atom is -0.314 e. The van der Waals surface area contributed by atoms with Crippen LogP contribution < -0.4 is 10.6 Å². The van der Waals surface area contributed by atoms with E-state index < -0.39 is 0 Å². The maximum absolute atomic E-state index is 3.98. The monoisotopic (exact) mass is 280 g/mol. The van der Waals surface area contributed by atoms with Gasteiger partial charge >= 0.3 is 0 Å². The number of hydrogen-bond acceptors (Lipinski definition) is 2. The quantitative estimate of drug-likeness (QED) is 0.765. The summed E-state index contributed by atoms with van der Waals surface area (Å²) >= 11 is 0. The van der Waals surface area contributed by atoms with Crippen LogP contribution in [0.4, 0.5) is 0 Å². The normalized spacial score (nSPS) is 33.3. The average molecular weight is 280 g/mol. The molecular weight excluding hydrogens is 244 g/mol. The van der Waals surface area contributed by atoms with Crippen LogP contribution in [0.25, 0.3) is 0 Å². The van der Waals surface area contributed by atoms with Crippen molar-refractivity contribution in [1.29, 1.82) is 0 Å². The molecule has 1 aliphatic carbocycles. The first-order chi connectivity index (χ1) is 9.66. The molecule has 1 aliphatic heterocycles. The maximum atomic E-state index is 3.98. The van der Waals surface area contributed by atoms with Crippen molar-refractivity contribution >= 4 is 0 Å². The minimum atomic E-state index is 0.687. The number of hydrogen-bond donors (Lipinski definition) is 2. The van der Waals surface area contributed by atoms with Crippen LogP contribution in [0, 0.1) is 11.8 Å². The molecule has 1 saturated heterocycles. The number of rotatable bonds is 6. The van der Waals surface area contributed by atoms with Crippen molar-refractivity contribution < 1.29 is 0 Å². The highest BCUT2D eigenvalue weighted by molar-refractivity contribution is 4.91. The summed E-state index contributed by atoms with van der Waals surface area (Å²) in [5, 5.41) is 7.78. The molecule has 20 heavy (non-hydrogen) atoms. The molecule has 0 aromatic carbocycles. The highest BCUT2D eigenvalue weighted by Gasteiger charge is 2.32. The van der Waals surface area contributed by atoms with Crippen LogP contribution in [-0.2, 0) is 0 Å². The second kappa shape index (κ2) is 8.38. The van der Waals surface area contributed by atoms with Gasteiger partial charge in [0, 0.05) is 18.1 Å². The predicted octanol–water partition coefficient (Wildman–Crippen LogP) is 4.10. The van der Waals surface area contributed by atoms with Crippen molar-refractivity contribution in [2.45, 2.75) is 96.7 Å². The number of piperidine rings is 1. The first-order valence-corrected chi connectivity index (χ1v) is 9.16. The first kappa shape index (κ1) is 16.3. The number of nitrogens with one attached hydrogen (secondary N) is 2. The lowest BCUT2D eigenvalue weighted by Crippen LogP contribution is -2.52. The molecule has 1 saturated carbocycles. The Morgan fingerprint density at radius 2 is 1.70 bits per heavy atom. The second-order valence-corrected chi connectivity index (χ2v) is 7.65. The molecule has 0 aromatic rings. The van der Waals surface area contributed by atoms with E-state index in [1.807, 2.05) is 0 Å². The third-order valence-electron chi connectivity index (χ3n) is 5.36. The molecule has 4 atom stereocenters. The summed E-state index contributed by atoms with van der Waals surface area (Å²) in [4.78, 5) is 0. The molecule has 2 fully saturated rings. The molecule has 2 heteroatoms. The Labute approximate surface area is 126 Å². The van der Waals surface area contributed by atoms with Gasteiger partial charge in [0.05, 0.1) is 0 Å². The molecule has 4 unspecified atom stereocenters. The van der Waals surface area contributed by atoms with E-state index in [0.29, 0.717) is 6.04 Å². The summed E-state index contributed by atoms with van der Waals surface area (Å²) in [6.45, 7) is 8.31. The van der Waals surface area contributed by atoms with Crippen molar-refractivity contribution in [3.63, 3.8) is 0 Å². The van der Waals surface area contributed by atoms with Crippen molar-refractivity contribution in [2.24, 2.45) is 11.8 Å². The highest BCUT2D eigenvalue weighted by Crippen LogP contribution is 2.31.